The number of hydrogen-bond donors (Lipinski definition) is 2. The normalized spacial score (nSPS) is 13.2. The largest absolute Gasteiger partial charge is 0.320 e. The van der Waals surface area contributed by atoms with E-state index in [0.717, 1.165) is 16.0 Å². The minimum absolute atomic E-state index is 0.0514. The number of benzene rings is 2. The van der Waals surface area contributed by atoms with Gasteiger partial charge in [0, 0.05) is 12.6 Å². The minimum Gasteiger partial charge on any atom is -0.320 e. The highest BCUT2D eigenvalue weighted by Crippen LogP contribution is 2.20. The summed E-state index contributed by atoms with van der Waals surface area (Å²) in [6.45, 7) is 1.20. The Bertz CT molecular complexity index is 1120. The van der Waals surface area contributed by atoms with E-state index in [4.69, 9.17) is 17.4 Å². The zero-order chi connectivity index (χ0) is 19.1. The van der Waals surface area contributed by atoms with E-state index in [1.54, 1.807) is 24.3 Å². The number of nitrogens with zero attached hydrogens (tertiary/aromatic N) is 2. The standard InChI is InChI=1S/C17H19FN4O2S2/c1-20(10-12-3-5-13(18)6-4-12)11-22-16-9-14(26(19,23)24)7-8-15(16)21(2)17(22)25/h3-9H,10-11H2,1-2H3,(H2,19,23,24)/p+1. The lowest BCUT2D eigenvalue weighted by molar-refractivity contribution is -0.916. The van der Waals surface area contributed by atoms with Gasteiger partial charge in [-0.1, -0.05) is 12.1 Å². The fraction of sp³-hybridized carbons (Fsp3) is 0.235. The van der Waals surface area contributed by atoms with E-state index in [2.05, 4.69) is 0 Å². The smallest absolute Gasteiger partial charge is 0.238 e. The Hall–Kier alpha value is -2.07. The molecule has 9 heteroatoms. The van der Waals surface area contributed by atoms with E-state index in [1.165, 1.54) is 18.2 Å². The van der Waals surface area contributed by atoms with Gasteiger partial charge in [0.05, 0.1) is 23.0 Å². The molecule has 0 aliphatic carbocycles. The summed E-state index contributed by atoms with van der Waals surface area (Å²) in [5.74, 6) is -0.266. The molecular weight excluding hydrogens is 375 g/mol. The van der Waals surface area contributed by atoms with Gasteiger partial charge in [-0.15, -0.1) is 0 Å². The molecule has 0 aliphatic heterocycles. The molecule has 3 N–H and O–H groups in total. The number of hydrogen-bond acceptors (Lipinski definition) is 3. The monoisotopic (exact) mass is 395 g/mol. The number of aromatic nitrogens is 2. The molecule has 0 spiro atoms. The van der Waals surface area contributed by atoms with Gasteiger partial charge in [-0.2, -0.15) is 0 Å². The third-order valence-electron chi connectivity index (χ3n) is 4.29. The topological polar surface area (TPSA) is 74.5 Å². The van der Waals surface area contributed by atoms with Gasteiger partial charge in [-0.3, -0.25) is 4.57 Å². The summed E-state index contributed by atoms with van der Waals surface area (Å²) in [7, 11) is 0.0393. The summed E-state index contributed by atoms with van der Waals surface area (Å²) >= 11 is 5.51. The lowest BCUT2D eigenvalue weighted by atomic mass is 10.2. The zero-order valence-corrected chi connectivity index (χ0v) is 16.1. The van der Waals surface area contributed by atoms with Crippen LogP contribution in [0.5, 0.6) is 0 Å². The Morgan fingerprint density at radius 2 is 1.81 bits per heavy atom. The number of sulfonamides is 1. The number of rotatable bonds is 5. The first kappa shape index (κ1) is 18.7. The van der Waals surface area contributed by atoms with Crippen LogP contribution < -0.4 is 10.0 Å². The van der Waals surface area contributed by atoms with Crippen molar-refractivity contribution in [2.24, 2.45) is 12.2 Å². The van der Waals surface area contributed by atoms with Crippen molar-refractivity contribution in [3.63, 3.8) is 0 Å². The number of imidazole rings is 1. The molecule has 1 aromatic heterocycles. The summed E-state index contributed by atoms with van der Waals surface area (Å²) < 4.78 is 40.7. The zero-order valence-electron chi connectivity index (χ0n) is 14.4. The third-order valence-corrected chi connectivity index (χ3v) is 5.70. The van der Waals surface area contributed by atoms with Crippen LogP contribution in [0.4, 0.5) is 4.39 Å². The number of aryl methyl sites for hydroxylation is 1. The highest BCUT2D eigenvalue weighted by molar-refractivity contribution is 7.89. The maximum Gasteiger partial charge on any atom is 0.238 e. The van der Waals surface area contributed by atoms with Crippen LogP contribution in [0.25, 0.3) is 11.0 Å². The quantitative estimate of drug-likeness (QED) is 0.637. The first-order valence-electron chi connectivity index (χ1n) is 7.94. The molecule has 3 aromatic rings. The average molecular weight is 396 g/mol. The van der Waals surface area contributed by atoms with Gasteiger partial charge in [0.25, 0.3) is 0 Å². The van der Waals surface area contributed by atoms with Crippen LogP contribution in [0, 0.1) is 10.6 Å². The number of nitrogens with two attached hydrogens (primary N) is 1. The Balaban J connectivity index is 1.97. The molecule has 0 radical (unpaired) electrons. The first-order chi connectivity index (χ1) is 12.2. The fourth-order valence-electron chi connectivity index (χ4n) is 3.00. The molecule has 6 nitrogen and oxygen atoms in total. The van der Waals surface area contributed by atoms with Crippen LogP contribution in [0.1, 0.15) is 5.56 Å². The molecule has 0 saturated heterocycles. The second-order valence-corrected chi connectivity index (χ2v) is 8.31. The van der Waals surface area contributed by atoms with E-state index < -0.39 is 10.0 Å². The fourth-order valence-corrected chi connectivity index (χ4v) is 3.79. The van der Waals surface area contributed by atoms with Crippen LogP contribution in [0.15, 0.2) is 47.4 Å². The molecule has 0 aliphatic rings. The van der Waals surface area contributed by atoms with Gasteiger partial charge in [-0.05, 0) is 42.5 Å². The van der Waals surface area contributed by atoms with Gasteiger partial charge in [0.2, 0.25) is 10.0 Å². The van der Waals surface area contributed by atoms with Crippen molar-refractivity contribution in [3.8, 4) is 0 Å². The van der Waals surface area contributed by atoms with E-state index in [0.29, 0.717) is 23.5 Å². The number of primary sulfonamides is 1. The third kappa shape index (κ3) is 3.70. The van der Waals surface area contributed by atoms with Crippen molar-refractivity contribution in [1.82, 2.24) is 9.13 Å². The molecule has 0 bridgehead atoms. The van der Waals surface area contributed by atoms with Crippen LogP contribution in [-0.4, -0.2) is 24.6 Å². The summed E-state index contributed by atoms with van der Waals surface area (Å²) in [4.78, 5) is 1.16. The summed E-state index contributed by atoms with van der Waals surface area (Å²) in [5, 5.41) is 5.25. The van der Waals surface area contributed by atoms with Crippen molar-refractivity contribution in [2.75, 3.05) is 7.05 Å². The molecule has 26 heavy (non-hydrogen) atoms. The second-order valence-electron chi connectivity index (χ2n) is 6.38. The Labute approximate surface area is 156 Å². The maximum atomic E-state index is 13.0. The predicted molar refractivity (Wildman–Crippen MR) is 100 cm³/mol. The van der Waals surface area contributed by atoms with Gasteiger partial charge in [0.15, 0.2) is 11.4 Å². The SMILES string of the molecule is Cn1c(=S)n(C[NH+](C)Cc2ccc(F)cc2)c2cc(S(N)(=O)=O)ccc21. The minimum atomic E-state index is -3.79. The van der Waals surface area contributed by atoms with Gasteiger partial charge >= 0.3 is 0 Å². The molecule has 1 atom stereocenters. The molecule has 1 heterocycles. The van der Waals surface area contributed by atoms with Crippen LogP contribution in [0.2, 0.25) is 0 Å². The molecule has 0 fully saturated rings. The highest BCUT2D eigenvalue weighted by Gasteiger charge is 2.16. The maximum absolute atomic E-state index is 13.0. The van der Waals surface area contributed by atoms with Crippen molar-refractivity contribution >= 4 is 33.3 Å². The van der Waals surface area contributed by atoms with Crippen LogP contribution in [0.3, 0.4) is 0 Å². The number of fused-ring (bicyclic) bond motifs is 1. The van der Waals surface area contributed by atoms with Gasteiger partial charge in [-0.25, -0.2) is 17.9 Å². The van der Waals surface area contributed by atoms with Crippen molar-refractivity contribution < 1.29 is 17.7 Å². The van der Waals surface area contributed by atoms with Gasteiger partial charge < -0.3 is 9.47 Å². The highest BCUT2D eigenvalue weighted by atomic mass is 32.2. The number of nitrogens with one attached hydrogen (secondary N) is 1. The average Bonchev–Trinajstić information content (AvgIpc) is 2.81. The number of quaternary nitrogens is 1. The molecule has 3 rings (SSSR count). The summed E-state index contributed by atoms with van der Waals surface area (Å²) in [5.41, 5.74) is 2.54. The lowest BCUT2D eigenvalue weighted by Gasteiger charge is -2.15. The Morgan fingerprint density at radius 1 is 1.15 bits per heavy atom. The van der Waals surface area contributed by atoms with Crippen molar-refractivity contribution in [3.05, 3.63) is 58.6 Å². The molecular formula is C17H20FN4O2S2+. The molecule has 0 amide bonds. The summed E-state index contributed by atoms with van der Waals surface area (Å²) in [6, 6.07) is 11.1. The van der Waals surface area contributed by atoms with Crippen LogP contribution in [-0.2, 0) is 30.3 Å². The van der Waals surface area contributed by atoms with E-state index in [-0.39, 0.29) is 10.7 Å². The predicted octanol–water partition coefficient (Wildman–Crippen LogP) is 1.17. The number of halogens is 1. The van der Waals surface area contributed by atoms with Crippen molar-refractivity contribution in [1.29, 1.82) is 0 Å². The molecule has 1 unspecified atom stereocenters. The van der Waals surface area contributed by atoms with Crippen LogP contribution >= 0.6 is 12.2 Å². The van der Waals surface area contributed by atoms with E-state index >= 15 is 0 Å². The van der Waals surface area contributed by atoms with E-state index in [1.807, 2.05) is 23.2 Å². The summed E-state index contributed by atoms with van der Waals surface area (Å²) in [6.07, 6.45) is 0. The Morgan fingerprint density at radius 3 is 2.42 bits per heavy atom. The molecule has 2 aromatic carbocycles. The van der Waals surface area contributed by atoms with E-state index in [9.17, 15) is 12.8 Å². The molecule has 0 saturated carbocycles. The first-order valence-corrected chi connectivity index (χ1v) is 9.90. The van der Waals surface area contributed by atoms with Crippen molar-refractivity contribution in [2.45, 2.75) is 18.1 Å². The Kier molecular flexibility index (Phi) is 4.98. The molecule has 138 valence electrons. The second kappa shape index (κ2) is 6.92. The van der Waals surface area contributed by atoms with Gasteiger partial charge in [0.1, 0.15) is 12.4 Å². The lowest BCUT2D eigenvalue weighted by Crippen LogP contribution is -3.06.